The largest absolute Gasteiger partial charge is 0.443 e. The molecule has 0 saturated carbocycles. The van der Waals surface area contributed by atoms with Gasteiger partial charge in [-0.15, -0.1) is 0 Å². The Kier molecular flexibility index (Phi) is 2.94. The lowest BCUT2D eigenvalue weighted by atomic mass is 10.1. The third kappa shape index (κ3) is 2.15. The molecule has 3 rings (SSSR count). The molecule has 0 amide bonds. The van der Waals surface area contributed by atoms with Crippen LogP contribution in [0.15, 0.2) is 24.3 Å². The molecule has 0 spiro atoms. The van der Waals surface area contributed by atoms with Crippen molar-refractivity contribution in [3.8, 4) is 0 Å². The highest BCUT2D eigenvalue weighted by atomic mass is 16.6. The molecule has 1 aliphatic rings. The zero-order chi connectivity index (χ0) is 15.4. The van der Waals surface area contributed by atoms with Crippen LogP contribution in [0.25, 0.3) is 10.9 Å². The van der Waals surface area contributed by atoms with Crippen molar-refractivity contribution in [3.05, 3.63) is 35.5 Å². The highest BCUT2D eigenvalue weighted by Gasteiger charge is 2.35. The Morgan fingerprint density at radius 2 is 1.95 bits per heavy atom. The Labute approximate surface area is 123 Å². The SMILES string of the molecule is CC1Cc2c(c3ccccc3n2C(=O)OC(C)(C)C)C1=O. The van der Waals surface area contributed by atoms with Gasteiger partial charge in [0.2, 0.25) is 0 Å². The standard InChI is InChI=1S/C17H19NO3/c1-10-9-13-14(15(10)19)11-7-5-6-8-12(11)18(13)16(20)21-17(2,3)4/h5-8,10H,9H2,1-4H3. The van der Waals surface area contributed by atoms with Gasteiger partial charge in [-0.3, -0.25) is 4.79 Å². The summed E-state index contributed by atoms with van der Waals surface area (Å²) >= 11 is 0. The van der Waals surface area contributed by atoms with Gasteiger partial charge >= 0.3 is 6.09 Å². The minimum atomic E-state index is -0.566. The third-order valence-corrected chi connectivity index (χ3v) is 3.74. The molecule has 1 heterocycles. The van der Waals surface area contributed by atoms with Crippen LogP contribution in [0.2, 0.25) is 0 Å². The van der Waals surface area contributed by atoms with E-state index in [1.165, 1.54) is 0 Å². The molecule has 1 unspecified atom stereocenters. The van der Waals surface area contributed by atoms with Crippen molar-refractivity contribution in [2.24, 2.45) is 5.92 Å². The molecule has 0 N–H and O–H groups in total. The maximum Gasteiger partial charge on any atom is 0.419 e. The molecular weight excluding hydrogens is 266 g/mol. The van der Waals surface area contributed by atoms with Gasteiger partial charge in [0.25, 0.3) is 0 Å². The van der Waals surface area contributed by atoms with Crippen molar-refractivity contribution in [1.82, 2.24) is 4.57 Å². The Hall–Kier alpha value is -2.10. The van der Waals surface area contributed by atoms with E-state index in [0.717, 1.165) is 16.6 Å². The fraction of sp³-hybridized carbons (Fsp3) is 0.412. The number of benzene rings is 1. The van der Waals surface area contributed by atoms with E-state index in [1.54, 1.807) is 4.57 Å². The number of rotatable bonds is 0. The van der Waals surface area contributed by atoms with Crippen LogP contribution >= 0.6 is 0 Å². The Balaban J connectivity index is 2.22. The molecule has 1 aliphatic carbocycles. The van der Waals surface area contributed by atoms with Crippen molar-refractivity contribution in [2.45, 2.75) is 39.7 Å². The number of aromatic nitrogens is 1. The van der Waals surface area contributed by atoms with Crippen LogP contribution in [0.4, 0.5) is 4.79 Å². The highest BCUT2D eigenvalue weighted by Crippen LogP contribution is 2.35. The van der Waals surface area contributed by atoms with Gasteiger partial charge in [-0.05, 0) is 33.3 Å². The smallest absolute Gasteiger partial charge is 0.419 e. The molecule has 110 valence electrons. The second-order valence-electron chi connectivity index (χ2n) is 6.62. The lowest BCUT2D eigenvalue weighted by molar-refractivity contribution is 0.0540. The molecule has 4 heteroatoms. The molecule has 0 saturated heterocycles. The Morgan fingerprint density at radius 1 is 1.29 bits per heavy atom. The van der Waals surface area contributed by atoms with Crippen LogP contribution in [0, 0.1) is 5.92 Å². The molecular formula is C17H19NO3. The number of nitrogens with zero attached hydrogens (tertiary/aromatic N) is 1. The normalized spacial score (nSPS) is 18.1. The van der Waals surface area contributed by atoms with Crippen LogP contribution < -0.4 is 0 Å². The Morgan fingerprint density at radius 3 is 2.62 bits per heavy atom. The first kappa shape index (κ1) is 13.9. The average Bonchev–Trinajstić information content (AvgIpc) is 2.83. The van der Waals surface area contributed by atoms with Gasteiger partial charge in [0.15, 0.2) is 5.78 Å². The maximum atomic E-state index is 12.5. The third-order valence-electron chi connectivity index (χ3n) is 3.74. The lowest BCUT2D eigenvalue weighted by Crippen LogP contribution is -2.28. The summed E-state index contributed by atoms with van der Waals surface area (Å²) < 4.78 is 7.07. The van der Waals surface area contributed by atoms with E-state index in [-0.39, 0.29) is 11.7 Å². The molecule has 2 aromatic rings. The summed E-state index contributed by atoms with van der Waals surface area (Å²) in [6, 6.07) is 7.51. The van der Waals surface area contributed by atoms with Crippen LogP contribution in [0.3, 0.4) is 0 Å². The van der Waals surface area contributed by atoms with E-state index >= 15 is 0 Å². The first-order valence-corrected chi connectivity index (χ1v) is 7.19. The van der Waals surface area contributed by atoms with Crippen molar-refractivity contribution >= 4 is 22.8 Å². The molecule has 21 heavy (non-hydrogen) atoms. The second kappa shape index (κ2) is 4.45. The molecule has 1 atom stereocenters. The zero-order valence-corrected chi connectivity index (χ0v) is 12.8. The molecule has 4 nitrogen and oxygen atoms in total. The predicted molar refractivity (Wildman–Crippen MR) is 80.8 cm³/mol. The molecule has 1 aromatic heterocycles. The number of ether oxygens (including phenoxy) is 1. The number of hydrogen-bond acceptors (Lipinski definition) is 3. The fourth-order valence-electron chi connectivity index (χ4n) is 2.91. The molecule has 0 bridgehead atoms. The Bertz CT molecular complexity index is 749. The van der Waals surface area contributed by atoms with Gasteiger partial charge in [-0.1, -0.05) is 25.1 Å². The first-order valence-electron chi connectivity index (χ1n) is 7.19. The summed E-state index contributed by atoms with van der Waals surface area (Å²) in [6.07, 6.45) is 0.170. The number of ketones is 1. The van der Waals surface area contributed by atoms with Crippen LogP contribution in [0.1, 0.15) is 43.7 Å². The second-order valence-corrected chi connectivity index (χ2v) is 6.62. The summed E-state index contributed by atoms with van der Waals surface area (Å²) in [5.41, 5.74) is 1.65. The van der Waals surface area contributed by atoms with Gasteiger partial charge in [0.05, 0.1) is 5.52 Å². The number of hydrogen-bond donors (Lipinski definition) is 0. The molecule has 0 aliphatic heterocycles. The molecule has 0 radical (unpaired) electrons. The molecule has 1 aromatic carbocycles. The van der Waals surface area contributed by atoms with Gasteiger partial charge < -0.3 is 4.74 Å². The topological polar surface area (TPSA) is 48.3 Å². The van der Waals surface area contributed by atoms with Crippen LogP contribution in [0.5, 0.6) is 0 Å². The monoisotopic (exact) mass is 285 g/mol. The number of carbonyl (C=O) groups is 2. The highest BCUT2D eigenvalue weighted by molar-refractivity contribution is 6.14. The average molecular weight is 285 g/mol. The minimum absolute atomic E-state index is 0.0757. The van der Waals surface area contributed by atoms with Crippen LogP contribution in [-0.2, 0) is 11.2 Å². The lowest BCUT2D eigenvalue weighted by Gasteiger charge is -2.20. The number of fused-ring (bicyclic) bond motifs is 3. The van der Waals surface area contributed by atoms with Gasteiger partial charge in [0, 0.05) is 22.6 Å². The van der Waals surface area contributed by atoms with Gasteiger partial charge in [-0.25, -0.2) is 9.36 Å². The minimum Gasteiger partial charge on any atom is -0.443 e. The maximum absolute atomic E-state index is 12.5. The predicted octanol–water partition coefficient (Wildman–Crippen LogP) is 3.80. The number of para-hydroxylation sites is 1. The van der Waals surface area contributed by atoms with E-state index in [0.29, 0.717) is 12.0 Å². The number of carbonyl (C=O) groups excluding carboxylic acids is 2. The van der Waals surface area contributed by atoms with E-state index in [1.807, 2.05) is 52.0 Å². The van der Waals surface area contributed by atoms with Gasteiger partial charge in [-0.2, -0.15) is 0 Å². The van der Waals surface area contributed by atoms with E-state index in [9.17, 15) is 9.59 Å². The summed E-state index contributed by atoms with van der Waals surface area (Å²) in [6.45, 7) is 7.41. The van der Waals surface area contributed by atoms with Crippen LogP contribution in [-0.4, -0.2) is 22.0 Å². The summed E-state index contributed by atoms with van der Waals surface area (Å²) in [4.78, 5) is 24.9. The summed E-state index contributed by atoms with van der Waals surface area (Å²) in [7, 11) is 0. The summed E-state index contributed by atoms with van der Waals surface area (Å²) in [5.74, 6) is 0.0387. The zero-order valence-electron chi connectivity index (χ0n) is 12.8. The quantitative estimate of drug-likeness (QED) is 0.739. The fourth-order valence-corrected chi connectivity index (χ4v) is 2.91. The van der Waals surface area contributed by atoms with E-state index in [2.05, 4.69) is 0 Å². The van der Waals surface area contributed by atoms with Crippen molar-refractivity contribution < 1.29 is 14.3 Å². The van der Waals surface area contributed by atoms with Crippen molar-refractivity contribution in [2.75, 3.05) is 0 Å². The van der Waals surface area contributed by atoms with Gasteiger partial charge in [0.1, 0.15) is 5.60 Å². The van der Waals surface area contributed by atoms with E-state index in [4.69, 9.17) is 4.74 Å². The number of Topliss-reactive ketones (excluding diaryl/α,β-unsaturated/α-hetero) is 1. The van der Waals surface area contributed by atoms with Crippen molar-refractivity contribution in [3.63, 3.8) is 0 Å². The van der Waals surface area contributed by atoms with E-state index < -0.39 is 11.7 Å². The first-order chi connectivity index (χ1) is 9.79. The summed E-state index contributed by atoms with van der Waals surface area (Å²) in [5, 5.41) is 0.840. The van der Waals surface area contributed by atoms with Crippen molar-refractivity contribution in [1.29, 1.82) is 0 Å². The molecule has 0 fully saturated rings.